The Labute approximate surface area is 694 Å². The van der Waals surface area contributed by atoms with Crippen LogP contribution in [-0.2, 0) is 71.2 Å². The second-order valence-electron chi connectivity index (χ2n) is 32.4. The summed E-state index contributed by atoms with van der Waals surface area (Å²) in [7, 11) is 0. The Morgan fingerprint density at radius 2 is 0.661 bits per heavy atom. The molecule has 0 aromatic carbocycles. The van der Waals surface area contributed by atoms with Gasteiger partial charge in [0.05, 0.1) is 58.4 Å². The molecule has 21 N–H and O–H groups in total. The first-order valence-electron chi connectivity index (χ1n) is 43.6. The highest BCUT2D eigenvalue weighted by molar-refractivity contribution is 5.76. The molecule has 12 unspecified atom stereocenters. The Bertz CT molecular complexity index is 2760. The van der Waals surface area contributed by atoms with E-state index in [1.54, 1.807) is 6.08 Å². The summed E-state index contributed by atoms with van der Waals surface area (Å²) in [5.41, 5.74) is 0. The summed E-state index contributed by atoms with van der Waals surface area (Å²) in [6, 6.07) is -4.75. The van der Waals surface area contributed by atoms with Crippen molar-refractivity contribution in [2.75, 3.05) is 46.2 Å². The third kappa shape index (κ3) is 32.6. The lowest BCUT2D eigenvalue weighted by Crippen LogP contribution is -2.71. The van der Waals surface area contributed by atoms with Gasteiger partial charge < -0.3 is 165 Å². The predicted molar refractivity (Wildman–Crippen MR) is 421 cm³/mol. The van der Waals surface area contributed by atoms with Crippen LogP contribution in [0.2, 0.25) is 0 Å². The molecule has 6 fully saturated rings. The van der Waals surface area contributed by atoms with Crippen LogP contribution in [0.1, 0.15) is 233 Å². The highest BCUT2D eigenvalue weighted by Crippen LogP contribution is 2.39. The van der Waals surface area contributed by atoms with Crippen LogP contribution in [-0.4, -0.2) is 352 Å². The zero-order valence-electron chi connectivity index (χ0n) is 69.5. The fourth-order valence-electron chi connectivity index (χ4n) is 15.9. The van der Waals surface area contributed by atoms with E-state index >= 15 is 0 Å². The van der Waals surface area contributed by atoms with Crippen LogP contribution in [0, 0.1) is 0 Å². The second kappa shape index (κ2) is 56.6. The standard InChI is InChI=1S/C82H147N3O33/c1-5-7-9-11-13-15-17-19-20-21-22-23-24-25-26-28-30-32-34-36-38-40-58(95)85-50(51(94)39-37-35-33-31-29-27-18-16-14-12-10-8-6-2)47-107-79-69(104)67(102)73(56(45-90)112-79)115-82-71(106)76(74(57(46-91)113-82)116-77-59(83-48(3)92)64(99)61(96)52(41-86)108-77)118-78-60(84-49(4)93)65(100)72(55(44-89)111-78)114-81-70(105)75(63(98)54(43-88)110-81)117-80-68(103)66(101)62(97)53(42-87)109-80/h19-20,37,39,50-57,59-82,86-91,94,96-106H,5-18,21-36,38,40-47H2,1-4H3,(H,83,92)(H,84,93)(H,85,95)/b20-19-,39-37+/t50-,51+,52?,53?,54?,55?,56?,57?,59?,60?,61-,62-,63-,64+,65+,66-,67+,68?,69?,70?,71?,72+,73+,74-,75-,76+,77-,78-,79+,80+,81-,82-/m0/s1. The number of carbonyl (C=O) groups excluding carboxylic acids is 3. The van der Waals surface area contributed by atoms with Crippen LogP contribution in [0.5, 0.6) is 0 Å². The van der Waals surface area contributed by atoms with Gasteiger partial charge in [0.15, 0.2) is 37.7 Å². The van der Waals surface area contributed by atoms with E-state index in [4.69, 9.17) is 56.8 Å². The quantitative estimate of drug-likeness (QED) is 0.0274. The topological polar surface area (TPSA) is 562 Å². The largest absolute Gasteiger partial charge is 0.394 e. The van der Waals surface area contributed by atoms with Gasteiger partial charge in [-0.1, -0.05) is 192 Å². The van der Waals surface area contributed by atoms with Gasteiger partial charge in [-0.25, -0.2) is 0 Å². The van der Waals surface area contributed by atoms with Crippen LogP contribution in [0.25, 0.3) is 0 Å². The SMILES string of the molecule is CCCCCCCC/C=C\CCCCCCCCCCCCCC(=O)N[C@@H](CO[C@@H]1OC(CO)[C@@H](O[C@@H]2OC(CO)[C@H](O[C@@H]3OC(CO)[C@H](O)[C@H](O)C3NC(C)=O)[C@H](O[C@@H]3OC(CO)[C@@H](O[C@@H]4OC(CO)[C@H](O)[C@H](O[C@H]5OC(CO)[C@H](O)[C@H](O)C5O)C4O)[C@H](O)C3NC(C)=O)C2O)[C@H](O)C1O)[C@H](O)/C=C/CCCCCCCCCCCCC. The molecular formula is C82H147N3O33. The Hall–Kier alpha value is -3.31. The average molecular weight is 1700 g/mol. The molecule has 0 aromatic rings. The third-order valence-electron chi connectivity index (χ3n) is 22.9. The minimum atomic E-state index is -2.35. The molecule has 6 heterocycles. The molecule has 36 heteroatoms. The number of amides is 3. The average Bonchev–Trinajstić information content (AvgIpc) is 0.756. The van der Waals surface area contributed by atoms with Gasteiger partial charge in [-0.2, -0.15) is 0 Å². The second-order valence-corrected chi connectivity index (χ2v) is 32.4. The number of hydrogen-bond acceptors (Lipinski definition) is 33. The molecule has 3 amide bonds. The lowest BCUT2D eigenvalue weighted by Gasteiger charge is -2.51. The number of hydrogen-bond donors (Lipinski definition) is 21. The van der Waals surface area contributed by atoms with Crippen molar-refractivity contribution < 1.29 is 163 Å². The molecule has 6 saturated heterocycles. The summed E-state index contributed by atoms with van der Waals surface area (Å²) in [5.74, 6) is -2.09. The minimum absolute atomic E-state index is 0.146. The van der Waals surface area contributed by atoms with Gasteiger partial charge >= 0.3 is 0 Å². The summed E-state index contributed by atoms with van der Waals surface area (Å²) in [6.07, 6.45) is -12.8. The van der Waals surface area contributed by atoms with Crippen molar-refractivity contribution in [1.82, 2.24) is 16.0 Å². The van der Waals surface area contributed by atoms with E-state index < -0.39 is 254 Å². The lowest BCUT2D eigenvalue weighted by atomic mass is 9.93. The van der Waals surface area contributed by atoms with Crippen molar-refractivity contribution >= 4 is 17.7 Å². The number of carbonyl (C=O) groups is 3. The molecule has 36 nitrogen and oxygen atoms in total. The van der Waals surface area contributed by atoms with Gasteiger partial charge in [0.25, 0.3) is 0 Å². The van der Waals surface area contributed by atoms with Gasteiger partial charge in [-0.15, -0.1) is 0 Å². The highest BCUT2D eigenvalue weighted by Gasteiger charge is 2.59. The predicted octanol–water partition coefficient (Wildman–Crippen LogP) is -0.307. The van der Waals surface area contributed by atoms with Crippen LogP contribution in [0.4, 0.5) is 0 Å². The number of unbranched alkanes of at least 4 members (excludes halogenated alkanes) is 28. The first kappa shape index (κ1) is 103. The first-order valence-corrected chi connectivity index (χ1v) is 43.6. The summed E-state index contributed by atoms with van der Waals surface area (Å²) in [4.78, 5) is 39.5. The zero-order valence-corrected chi connectivity index (χ0v) is 69.5. The maximum Gasteiger partial charge on any atom is 0.220 e. The summed E-state index contributed by atoms with van der Waals surface area (Å²) in [6.45, 7) is -0.137. The number of rotatable bonds is 57. The molecule has 6 aliphatic heterocycles. The van der Waals surface area contributed by atoms with Gasteiger partial charge in [0.1, 0.15) is 146 Å². The van der Waals surface area contributed by atoms with Crippen LogP contribution in [0.15, 0.2) is 24.3 Å². The van der Waals surface area contributed by atoms with Crippen molar-refractivity contribution in [3.05, 3.63) is 24.3 Å². The number of nitrogens with one attached hydrogen (secondary N) is 3. The molecule has 32 atom stereocenters. The monoisotopic (exact) mass is 1700 g/mol. The van der Waals surface area contributed by atoms with E-state index in [1.165, 1.54) is 122 Å². The van der Waals surface area contributed by atoms with Crippen LogP contribution >= 0.6 is 0 Å². The molecule has 0 bridgehead atoms. The Balaban J connectivity index is 1.16. The summed E-state index contributed by atoms with van der Waals surface area (Å²) < 4.78 is 72.1. The first-order chi connectivity index (χ1) is 56.8. The van der Waals surface area contributed by atoms with Gasteiger partial charge in [0.2, 0.25) is 17.7 Å². The third-order valence-corrected chi connectivity index (χ3v) is 22.9. The van der Waals surface area contributed by atoms with E-state index in [9.17, 15) is 106 Å². The van der Waals surface area contributed by atoms with E-state index in [0.717, 1.165) is 78.1 Å². The maximum atomic E-state index is 13.7. The van der Waals surface area contributed by atoms with E-state index in [2.05, 4.69) is 41.9 Å². The smallest absolute Gasteiger partial charge is 0.220 e. The van der Waals surface area contributed by atoms with Gasteiger partial charge in [-0.3, -0.25) is 14.4 Å². The molecular weight excluding hydrogens is 1550 g/mol. The van der Waals surface area contributed by atoms with Crippen LogP contribution < -0.4 is 16.0 Å². The van der Waals surface area contributed by atoms with Crippen molar-refractivity contribution in [3.8, 4) is 0 Å². The normalized spacial score (nSPS) is 36.0. The van der Waals surface area contributed by atoms with Gasteiger partial charge in [0, 0.05) is 20.3 Å². The van der Waals surface area contributed by atoms with Crippen molar-refractivity contribution in [1.29, 1.82) is 0 Å². The van der Waals surface area contributed by atoms with Crippen molar-refractivity contribution in [2.24, 2.45) is 0 Å². The molecule has 0 aromatic heterocycles. The maximum absolute atomic E-state index is 13.7. The molecule has 6 rings (SSSR count). The van der Waals surface area contributed by atoms with E-state index in [0.29, 0.717) is 12.8 Å². The van der Waals surface area contributed by atoms with Gasteiger partial charge in [-0.05, 0) is 44.9 Å². The number of allylic oxidation sites excluding steroid dienone is 3. The summed E-state index contributed by atoms with van der Waals surface area (Å²) >= 11 is 0. The fraction of sp³-hybridized carbons (Fsp3) is 0.915. The van der Waals surface area contributed by atoms with Crippen LogP contribution in [0.3, 0.4) is 0 Å². The fourth-order valence-corrected chi connectivity index (χ4v) is 15.9. The zero-order chi connectivity index (χ0) is 86.2. The number of ether oxygens (including phenoxy) is 12. The molecule has 0 spiro atoms. The van der Waals surface area contributed by atoms with E-state index in [1.807, 2.05) is 6.08 Å². The van der Waals surface area contributed by atoms with Crippen molar-refractivity contribution in [2.45, 2.75) is 429 Å². The summed E-state index contributed by atoms with van der Waals surface area (Å²) in [5, 5.41) is 209. The molecule has 0 aliphatic carbocycles. The number of aliphatic hydroxyl groups excluding tert-OH is 18. The Morgan fingerprint density at radius 1 is 0.331 bits per heavy atom. The Morgan fingerprint density at radius 3 is 1.13 bits per heavy atom. The molecule has 118 heavy (non-hydrogen) atoms. The minimum Gasteiger partial charge on any atom is -0.394 e. The van der Waals surface area contributed by atoms with E-state index in [-0.39, 0.29) is 12.3 Å². The molecule has 6 aliphatic rings. The highest BCUT2D eigenvalue weighted by atomic mass is 16.8. The lowest BCUT2D eigenvalue weighted by molar-refractivity contribution is -0.397. The molecule has 0 saturated carbocycles. The number of aliphatic hydroxyl groups is 18. The van der Waals surface area contributed by atoms with Crippen molar-refractivity contribution in [3.63, 3.8) is 0 Å². The molecule has 688 valence electrons. The Kier molecular flexibility index (Phi) is 49.6. The molecule has 0 radical (unpaired) electrons.